The summed E-state index contributed by atoms with van der Waals surface area (Å²) < 4.78 is 0. The molecule has 1 aliphatic rings. The lowest BCUT2D eigenvalue weighted by atomic mass is 10.2. The van der Waals surface area contributed by atoms with Crippen molar-refractivity contribution in [3.8, 4) is 6.07 Å². The molecule has 0 aliphatic carbocycles. The zero-order chi connectivity index (χ0) is 9.97. The largest absolute Gasteiger partial charge is 0.397 e. The van der Waals surface area contributed by atoms with E-state index in [1.807, 2.05) is 12.1 Å². The normalized spacial score (nSPS) is 15.5. The van der Waals surface area contributed by atoms with Crippen LogP contribution in [0.1, 0.15) is 12.0 Å². The Morgan fingerprint density at radius 2 is 2.36 bits per heavy atom. The number of nitrogens with two attached hydrogens (primary N) is 1. The first-order chi connectivity index (χ1) is 6.81. The fourth-order valence-electron chi connectivity index (χ4n) is 1.49. The first kappa shape index (κ1) is 8.85. The zero-order valence-corrected chi connectivity index (χ0v) is 7.73. The third-order valence-corrected chi connectivity index (χ3v) is 2.18. The van der Waals surface area contributed by atoms with Crippen molar-refractivity contribution in [2.75, 3.05) is 23.9 Å². The van der Waals surface area contributed by atoms with Crippen LogP contribution in [0.15, 0.2) is 18.2 Å². The Morgan fingerprint density at radius 3 is 2.93 bits per heavy atom. The number of hydrogen-bond acceptors (Lipinski definition) is 4. The van der Waals surface area contributed by atoms with E-state index in [4.69, 9.17) is 15.8 Å². The quantitative estimate of drug-likeness (QED) is 0.676. The number of benzene rings is 1. The van der Waals surface area contributed by atoms with Gasteiger partial charge in [0.2, 0.25) is 0 Å². The van der Waals surface area contributed by atoms with Gasteiger partial charge in [-0.05, 0) is 24.6 Å². The average Bonchev–Trinajstić information content (AvgIpc) is 2.70. The first-order valence-corrected chi connectivity index (χ1v) is 4.51. The second-order valence-electron chi connectivity index (χ2n) is 3.17. The summed E-state index contributed by atoms with van der Waals surface area (Å²) in [6, 6.07) is 7.27. The molecule has 1 aromatic carbocycles. The molecule has 4 nitrogen and oxygen atoms in total. The van der Waals surface area contributed by atoms with E-state index in [0.717, 1.165) is 25.3 Å². The molecule has 1 aromatic rings. The van der Waals surface area contributed by atoms with E-state index in [0.29, 0.717) is 11.3 Å². The third-order valence-electron chi connectivity index (χ3n) is 2.18. The van der Waals surface area contributed by atoms with Gasteiger partial charge < -0.3 is 5.73 Å². The summed E-state index contributed by atoms with van der Waals surface area (Å²) in [5.41, 5.74) is 7.82. The van der Waals surface area contributed by atoms with Gasteiger partial charge in [0.15, 0.2) is 0 Å². The fourth-order valence-corrected chi connectivity index (χ4v) is 1.49. The lowest BCUT2D eigenvalue weighted by molar-refractivity contribution is 0.168. The minimum Gasteiger partial charge on any atom is -0.397 e. The summed E-state index contributed by atoms with van der Waals surface area (Å²) in [6.45, 7) is 1.59. The van der Waals surface area contributed by atoms with Crippen LogP contribution in [-0.2, 0) is 4.84 Å². The lowest BCUT2D eigenvalue weighted by Gasteiger charge is -2.17. The molecule has 72 valence electrons. The molecule has 1 saturated heterocycles. The van der Waals surface area contributed by atoms with E-state index in [-0.39, 0.29) is 0 Å². The highest BCUT2D eigenvalue weighted by molar-refractivity contribution is 5.68. The predicted molar refractivity (Wildman–Crippen MR) is 53.5 cm³/mol. The molecule has 2 rings (SSSR count). The maximum atomic E-state index is 8.67. The van der Waals surface area contributed by atoms with Crippen LogP contribution in [0.4, 0.5) is 11.4 Å². The number of hydrogen-bond donors (Lipinski definition) is 1. The molecular formula is C10H11N3O. The van der Waals surface area contributed by atoms with Gasteiger partial charge in [-0.15, -0.1) is 0 Å². The van der Waals surface area contributed by atoms with Crippen molar-refractivity contribution in [2.45, 2.75) is 6.42 Å². The topological polar surface area (TPSA) is 62.3 Å². The Labute approximate surface area is 82.4 Å². The van der Waals surface area contributed by atoms with Crippen molar-refractivity contribution in [1.82, 2.24) is 0 Å². The van der Waals surface area contributed by atoms with Crippen molar-refractivity contribution < 1.29 is 4.84 Å². The molecule has 2 N–H and O–H groups in total. The van der Waals surface area contributed by atoms with Crippen LogP contribution in [0, 0.1) is 11.3 Å². The van der Waals surface area contributed by atoms with Crippen molar-refractivity contribution in [2.24, 2.45) is 0 Å². The predicted octanol–water partition coefficient (Wildman–Crippen LogP) is 1.28. The van der Waals surface area contributed by atoms with Gasteiger partial charge in [-0.3, -0.25) is 9.90 Å². The maximum absolute atomic E-state index is 8.67. The Bertz CT molecular complexity index is 377. The Hall–Kier alpha value is -1.73. The van der Waals surface area contributed by atoms with Gasteiger partial charge in [0.05, 0.1) is 29.6 Å². The summed E-state index contributed by atoms with van der Waals surface area (Å²) in [7, 11) is 0. The van der Waals surface area contributed by atoms with Crippen LogP contribution in [0.25, 0.3) is 0 Å². The van der Waals surface area contributed by atoms with Crippen molar-refractivity contribution in [3.05, 3.63) is 23.8 Å². The number of anilines is 2. The molecule has 0 radical (unpaired) electrons. The minimum atomic E-state index is 0.574. The Kier molecular flexibility index (Phi) is 2.25. The molecule has 14 heavy (non-hydrogen) atoms. The van der Waals surface area contributed by atoms with Crippen LogP contribution in [0.2, 0.25) is 0 Å². The molecule has 0 aromatic heterocycles. The summed E-state index contributed by atoms with van der Waals surface area (Å²) in [5.74, 6) is 0. The van der Waals surface area contributed by atoms with Crippen LogP contribution in [-0.4, -0.2) is 13.2 Å². The maximum Gasteiger partial charge on any atom is 0.0992 e. The summed E-state index contributed by atoms with van der Waals surface area (Å²) in [6.07, 6.45) is 1.01. The number of nitriles is 1. The van der Waals surface area contributed by atoms with Crippen LogP contribution < -0.4 is 10.8 Å². The van der Waals surface area contributed by atoms with Crippen molar-refractivity contribution in [1.29, 1.82) is 5.26 Å². The molecule has 1 aliphatic heterocycles. The summed E-state index contributed by atoms with van der Waals surface area (Å²) in [5, 5.41) is 10.4. The average molecular weight is 189 g/mol. The van der Waals surface area contributed by atoms with Gasteiger partial charge in [0.1, 0.15) is 0 Å². The van der Waals surface area contributed by atoms with E-state index in [1.165, 1.54) is 0 Å². The van der Waals surface area contributed by atoms with Gasteiger partial charge in [-0.1, -0.05) is 0 Å². The fraction of sp³-hybridized carbons (Fsp3) is 0.300. The van der Waals surface area contributed by atoms with Gasteiger partial charge in [-0.2, -0.15) is 5.26 Å². The second-order valence-corrected chi connectivity index (χ2v) is 3.17. The van der Waals surface area contributed by atoms with E-state index in [9.17, 15) is 0 Å². The molecule has 1 heterocycles. The Morgan fingerprint density at radius 1 is 1.50 bits per heavy atom. The summed E-state index contributed by atoms with van der Waals surface area (Å²) >= 11 is 0. The van der Waals surface area contributed by atoms with Gasteiger partial charge in [0, 0.05) is 6.54 Å². The van der Waals surface area contributed by atoms with E-state index in [1.54, 1.807) is 17.2 Å². The molecule has 0 atom stereocenters. The number of nitrogens with zero attached hydrogens (tertiary/aromatic N) is 2. The van der Waals surface area contributed by atoms with Crippen molar-refractivity contribution in [3.63, 3.8) is 0 Å². The third kappa shape index (κ3) is 1.50. The molecule has 0 spiro atoms. The molecule has 4 heteroatoms. The van der Waals surface area contributed by atoms with Gasteiger partial charge in [-0.25, -0.2) is 0 Å². The summed E-state index contributed by atoms with van der Waals surface area (Å²) in [4.78, 5) is 5.36. The molecule has 1 fully saturated rings. The highest BCUT2D eigenvalue weighted by Crippen LogP contribution is 2.26. The monoisotopic (exact) mass is 189 g/mol. The number of hydroxylamine groups is 1. The zero-order valence-electron chi connectivity index (χ0n) is 7.73. The molecule has 0 unspecified atom stereocenters. The highest BCUT2D eigenvalue weighted by Gasteiger charge is 2.15. The molecule has 0 amide bonds. The van der Waals surface area contributed by atoms with Crippen LogP contribution >= 0.6 is 0 Å². The first-order valence-electron chi connectivity index (χ1n) is 4.51. The van der Waals surface area contributed by atoms with E-state index >= 15 is 0 Å². The molecule has 0 saturated carbocycles. The van der Waals surface area contributed by atoms with Crippen LogP contribution in [0.3, 0.4) is 0 Å². The van der Waals surface area contributed by atoms with Gasteiger partial charge in [0.25, 0.3) is 0 Å². The number of rotatable bonds is 1. The second kappa shape index (κ2) is 3.56. The van der Waals surface area contributed by atoms with E-state index < -0.39 is 0 Å². The number of nitrogen functional groups attached to an aromatic ring is 1. The van der Waals surface area contributed by atoms with E-state index in [2.05, 4.69) is 0 Å². The Balaban J connectivity index is 2.30. The lowest BCUT2D eigenvalue weighted by Crippen LogP contribution is -2.17. The van der Waals surface area contributed by atoms with Crippen molar-refractivity contribution >= 4 is 11.4 Å². The molecule has 0 bridgehead atoms. The van der Waals surface area contributed by atoms with Gasteiger partial charge >= 0.3 is 0 Å². The SMILES string of the molecule is N#Cc1ccc(N2CCCO2)c(N)c1. The molecular weight excluding hydrogens is 178 g/mol. The van der Waals surface area contributed by atoms with Crippen LogP contribution in [0.5, 0.6) is 0 Å². The standard InChI is InChI=1S/C10H11N3O/c11-7-8-2-3-10(9(12)6-8)13-4-1-5-14-13/h2-3,6H,1,4-5,12H2. The highest BCUT2D eigenvalue weighted by atomic mass is 16.7. The minimum absolute atomic E-state index is 0.574. The smallest absolute Gasteiger partial charge is 0.0992 e.